The molecule has 2 fully saturated rings. The first kappa shape index (κ1) is 17.2. The number of hydrogen-bond acceptors (Lipinski definition) is 6. The van der Waals surface area contributed by atoms with Gasteiger partial charge in [0.1, 0.15) is 18.0 Å². The highest BCUT2D eigenvalue weighted by atomic mass is 15.2. The Labute approximate surface area is 155 Å². The number of rotatable bonds is 3. The summed E-state index contributed by atoms with van der Waals surface area (Å²) in [5.41, 5.74) is 9.55. The normalized spacial score (nSPS) is 19.7. The largest absolute Gasteiger partial charge is 0.384 e. The maximum absolute atomic E-state index is 5.78. The lowest BCUT2D eigenvalue weighted by molar-refractivity contribution is 0.154. The van der Waals surface area contributed by atoms with E-state index in [4.69, 9.17) is 5.73 Å². The molecule has 0 aromatic carbocycles. The van der Waals surface area contributed by atoms with Crippen LogP contribution in [-0.2, 0) is 6.42 Å². The number of nitrogen functional groups attached to an aromatic ring is 1. The standard InChI is InChI=1S/C20H28N6/c1-2-16-18(15-3-4-17(21)23-13-15)19(25-14-24-16)26-11-7-20(8-12-26)5-9-22-10-6-20/h3-4,13-14,22H,2,5-12H2,1H3,(H2,21,23). The summed E-state index contributed by atoms with van der Waals surface area (Å²) in [5.74, 6) is 1.59. The molecular formula is C20H28N6. The second-order valence-electron chi connectivity index (χ2n) is 7.58. The number of hydrogen-bond donors (Lipinski definition) is 2. The molecule has 2 aliphatic heterocycles. The summed E-state index contributed by atoms with van der Waals surface area (Å²) in [6, 6.07) is 3.88. The van der Waals surface area contributed by atoms with Crippen LogP contribution in [0.5, 0.6) is 0 Å². The molecule has 2 saturated heterocycles. The van der Waals surface area contributed by atoms with Crippen molar-refractivity contribution in [3.63, 3.8) is 0 Å². The lowest BCUT2D eigenvalue weighted by Gasteiger charge is -2.45. The van der Waals surface area contributed by atoms with Crippen molar-refractivity contribution in [1.82, 2.24) is 20.3 Å². The minimum Gasteiger partial charge on any atom is -0.384 e. The molecule has 26 heavy (non-hydrogen) atoms. The molecule has 4 heterocycles. The van der Waals surface area contributed by atoms with Gasteiger partial charge in [-0.1, -0.05) is 6.92 Å². The summed E-state index contributed by atoms with van der Waals surface area (Å²) in [6.07, 6.45) is 9.53. The Hall–Kier alpha value is -2.21. The molecule has 4 rings (SSSR count). The molecule has 0 amide bonds. The SMILES string of the molecule is CCc1ncnc(N2CCC3(CCNCC3)CC2)c1-c1ccc(N)nc1. The van der Waals surface area contributed by atoms with E-state index < -0.39 is 0 Å². The van der Waals surface area contributed by atoms with Gasteiger partial charge < -0.3 is 16.0 Å². The van der Waals surface area contributed by atoms with Crippen molar-refractivity contribution in [2.45, 2.75) is 39.0 Å². The van der Waals surface area contributed by atoms with Crippen LogP contribution in [0.1, 0.15) is 38.3 Å². The zero-order valence-electron chi connectivity index (χ0n) is 15.5. The van der Waals surface area contributed by atoms with E-state index in [2.05, 4.69) is 32.1 Å². The average molecular weight is 352 g/mol. The van der Waals surface area contributed by atoms with Gasteiger partial charge in [-0.15, -0.1) is 0 Å². The highest BCUT2D eigenvalue weighted by Gasteiger charge is 2.36. The summed E-state index contributed by atoms with van der Waals surface area (Å²) in [5, 5.41) is 3.50. The second kappa shape index (κ2) is 7.19. The van der Waals surface area contributed by atoms with Crippen LogP contribution in [0.15, 0.2) is 24.7 Å². The second-order valence-corrected chi connectivity index (χ2v) is 7.58. The zero-order valence-corrected chi connectivity index (χ0v) is 15.5. The van der Waals surface area contributed by atoms with E-state index >= 15 is 0 Å². The predicted octanol–water partition coefficient (Wildman–Crippen LogP) is 2.65. The van der Waals surface area contributed by atoms with Crippen LogP contribution in [-0.4, -0.2) is 41.1 Å². The highest BCUT2D eigenvalue weighted by molar-refractivity contribution is 5.78. The van der Waals surface area contributed by atoms with Crippen LogP contribution in [0.3, 0.4) is 0 Å². The van der Waals surface area contributed by atoms with E-state index in [1.807, 2.05) is 18.3 Å². The van der Waals surface area contributed by atoms with E-state index in [0.29, 0.717) is 11.2 Å². The van der Waals surface area contributed by atoms with Crippen molar-refractivity contribution in [3.8, 4) is 11.1 Å². The van der Waals surface area contributed by atoms with Gasteiger partial charge in [0.25, 0.3) is 0 Å². The Kier molecular flexibility index (Phi) is 4.76. The predicted molar refractivity (Wildman–Crippen MR) is 105 cm³/mol. The first-order valence-electron chi connectivity index (χ1n) is 9.72. The molecule has 0 aliphatic carbocycles. The third kappa shape index (κ3) is 3.26. The maximum Gasteiger partial charge on any atom is 0.140 e. The van der Waals surface area contributed by atoms with Gasteiger partial charge in [0, 0.05) is 30.4 Å². The van der Waals surface area contributed by atoms with E-state index in [-0.39, 0.29) is 0 Å². The molecule has 0 atom stereocenters. The average Bonchev–Trinajstić information content (AvgIpc) is 2.69. The molecule has 138 valence electrons. The van der Waals surface area contributed by atoms with E-state index in [0.717, 1.165) is 55.2 Å². The Morgan fingerprint density at radius 1 is 1.08 bits per heavy atom. The molecule has 1 spiro atoms. The molecule has 2 aromatic heterocycles. The summed E-state index contributed by atoms with van der Waals surface area (Å²) in [6.45, 7) is 6.59. The smallest absolute Gasteiger partial charge is 0.140 e. The van der Waals surface area contributed by atoms with Gasteiger partial charge in [-0.2, -0.15) is 0 Å². The molecule has 2 aliphatic rings. The third-order valence-corrected chi connectivity index (χ3v) is 6.10. The van der Waals surface area contributed by atoms with Crippen molar-refractivity contribution < 1.29 is 0 Å². The monoisotopic (exact) mass is 352 g/mol. The van der Waals surface area contributed by atoms with Gasteiger partial charge in [-0.05, 0) is 62.7 Å². The minimum atomic E-state index is 0.533. The summed E-state index contributed by atoms with van der Waals surface area (Å²) >= 11 is 0. The van der Waals surface area contributed by atoms with Crippen molar-refractivity contribution in [2.75, 3.05) is 36.8 Å². The molecule has 3 N–H and O–H groups in total. The fraction of sp³-hybridized carbons (Fsp3) is 0.550. The molecular weight excluding hydrogens is 324 g/mol. The number of nitrogens with zero attached hydrogens (tertiary/aromatic N) is 4. The van der Waals surface area contributed by atoms with Crippen LogP contribution in [0.4, 0.5) is 11.6 Å². The fourth-order valence-electron chi connectivity index (χ4n) is 4.42. The number of pyridine rings is 1. The van der Waals surface area contributed by atoms with Crippen LogP contribution in [0.25, 0.3) is 11.1 Å². The van der Waals surface area contributed by atoms with Crippen LogP contribution < -0.4 is 16.0 Å². The molecule has 0 saturated carbocycles. The number of aromatic nitrogens is 3. The summed E-state index contributed by atoms with van der Waals surface area (Å²) in [4.78, 5) is 15.9. The fourth-order valence-corrected chi connectivity index (χ4v) is 4.42. The van der Waals surface area contributed by atoms with Crippen molar-refractivity contribution in [3.05, 3.63) is 30.4 Å². The van der Waals surface area contributed by atoms with Crippen LogP contribution >= 0.6 is 0 Å². The topological polar surface area (TPSA) is 80.0 Å². The lowest BCUT2D eigenvalue weighted by Crippen LogP contribution is -2.46. The van der Waals surface area contributed by atoms with Crippen molar-refractivity contribution >= 4 is 11.6 Å². The Morgan fingerprint density at radius 3 is 2.50 bits per heavy atom. The molecule has 0 radical (unpaired) electrons. The van der Waals surface area contributed by atoms with Gasteiger partial charge in [0.2, 0.25) is 0 Å². The van der Waals surface area contributed by atoms with E-state index in [1.54, 1.807) is 6.33 Å². The minimum absolute atomic E-state index is 0.533. The quantitative estimate of drug-likeness (QED) is 0.884. The Bertz CT molecular complexity index is 741. The number of piperidine rings is 2. The van der Waals surface area contributed by atoms with Gasteiger partial charge in [-0.25, -0.2) is 15.0 Å². The number of nitrogens with one attached hydrogen (secondary N) is 1. The highest BCUT2D eigenvalue weighted by Crippen LogP contribution is 2.42. The first-order valence-corrected chi connectivity index (χ1v) is 9.72. The number of aryl methyl sites for hydroxylation is 1. The number of anilines is 2. The van der Waals surface area contributed by atoms with Crippen molar-refractivity contribution in [1.29, 1.82) is 0 Å². The maximum atomic E-state index is 5.78. The molecule has 0 unspecified atom stereocenters. The zero-order chi connectivity index (χ0) is 18.0. The molecule has 0 bridgehead atoms. The van der Waals surface area contributed by atoms with Gasteiger partial charge >= 0.3 is 0 Å². The van der Waals surface area contributed by atoms with Gasteiger partial charge in [-0.3, -0.25) is 0 Å². The van der Waals surface area contributed by atoms with Gasteiger partial charge in [0.15, 0.2) is 0 Å². The molecule has 6 nitrogen and oxygen atoms in total. The van der Waals surface area contributed by atoms with Crippen molar-refractivity contribution in [2.24, 2.45) is 5.41 Å². The van der Waals surface area contributed by atoms with Crippen LogP contribution in [0.2, 0.25) is 0 Å². The van der Waals surface area contributed by atoms with Crippen LogP contribution in [0, 0.1) is 5.41 Å². The van der Waals surface area contributed by atoms with Gasteiger partial charge in [0.05, 0.1) is 5.69 Å². The Morgan fingerprint density at radius 2 is 1.85 bits per heavy atom. The third-order valence-electron chi connectivity index (χ3n) is 6.10. The Balaban J connectivity index is 1.63. The molecule has 2 aromatic rings. The number of nitrogens with two attached hydrogens (primary N) is 1. The first-order chi connectivity index (χ1) is 12.7. The lowest BCUT2D eigenvalue weighted by atomic mass is 9.71. The van der Waals surface area contributed by atoms with E-state index in [9.17, 15) is 0 Å². The molecule has 6 heteroatoms. The van der Waals surface area contributed by atoms with E-state index in [1.165, 1.54) is 25.7 Å². The summed E-state index contributed by atoms with van der Waals surface area (Å²) < 4.78 is 0. The summed E-state index contributed by atoms with van der Waals surface area (Å²) in [7, 11) is 0.